The number of hydrogen-bond acceptors (Lipinski definition) is 4. The lowest BCUT2D eigenvalue weighted by atomic mass is 10.1. The lowest BCUT2D eigenvalue weighted by Crippen LogP contribution is -2.10. The van der Waals surface area contributed by atoms with Crippen LogP contribution in [0.2, 0.25) is 0 Å². The van der Waals surface area contributed by atoms with E-state index < -0.39 is 0 Å². The molecule has 0 spiro atoms. The highest BCUT2D eigenvalue weighted by Gasteiger charge is 2.29. The lowest BCUT2D eigenvalue weighted by molar-refractivity contribution is 0.939. The number of aryl methyl sites for hydroxylation is 1. The van der Waals surface area contributed by atoms with Gasteiger partial charge in [0.15, 0.2) is 0 Å². The van der Waals surface area contributed by atoms with Gasteiger partial charge in [0, 0.05) is 19.2 Å². The number of imidazole rings is 1. The Kier molecular flexibility index (Phi) is 3.11. The van der Waals surface area contributed by atoms with Crippen molar-refractivity contribution < 1.29 is 0 Å². The predicted molar refractivity (Wildman–Crippen MR) is 87.8 cm³/mol. The molecule has 2 aromatic heterocycles. The highest BCUT2D eigenvalue weighted by Crippen LogP contribution is 2.33. The van der Waals surface area contributed by atoms with Crippen molar-refractivity contribution in [3.8, 4) is 0 Å². The van der Waals surface area contributed by atoms with Gasteiger partial charge in [-0.1, -0.05) is 18.2 Å². The zero-order chi connectivity index (χ0) is 14.9. The van der Waals surface area contributed by atoms with Crippen molar-refractivity contribution in [3.05, 3.63) is 54.4 Å². The first-order chi connectivity index (χ1) is 10.8. The lowest BCUT2D eigenvalue weighted by Gasteiger charge is -2.06. The molecule has 1 N–H and O–H groups in total. The number of hydrazone groups is 1. The van der Waals surface area contributed by atoms with E-state index in [1.807, 2.05) is 54.2 Å². The minimum atomic E-state index is 0.511. The molecule has 5 heteroatoms. The summed E-state index contributed by atoms with van der Waals surface area (Å²) in [6, 6.07) is 14.0. The molecular weight excluding hydrogens is 274 g/mol. The summed E-state index contributed by atoms with van der Waals surface area (Å²) in [4.78, 5) is 9.00. The molecule has 0 unspecified atom stereocenters. The Balaban J connectivity index is 1.67. The largest absolute Gasteiger partial charge is 0.312 e. The molecule has 0 saturated heterocycles. The van der Waals surface area contributed by atoms with Crippen LogP contribution >= 0.6 is 0 Å². The molecule has 3 aromatic rings. The van der Waals surface area contributed by atoms with Crippen molar-refractivity contribution in [2.75, 3.05) is 5.43 Å². The van der Waals surface area contributed by atoms with Crippen molar-refractivity contribution in [2.45, 2.75) is 12.8 Å². The monoisotopic (exact) mass is 291 g/mol. The number of rotatable bonds is 4. The van der Waals surface area contributed by atoms with Crippen molar-refractivity contribution in [3.63, 3.8) is 0 Å². The molecule has 1 aliphatic rings. The average Bonchev–Trinajstić information content (AvgIpc) is 3.35. The fourth-order valence-corrected chi connectivity index (χ4v) is 2.58. The van der Waals surface area contributed by atoms with Gasteiger partial charge in [-0.3, -0.25) is 4.98 Å². The fraction of sp³-hybridized carbons (Fsp3) is 0.235. The molecule has 1 fully saturated rings. The molecule has 1 aliphatic carbocycles. The van der Waals surface area contributed by atoms with Gasteiger partial charge in [-0.15, -0.1) is 0 Å². The van der Waals surface area contributed by atoms with Gasteiger partial charge in [0.25, 0.3) is 0 Å². The molecule has 22 heavy (non-hydrogen) atoms. The van der Waals surface area contributed by atoms with Crippen LogP contribution in [0.4, 0.5) is 5.95 Å². The molecule has 5 nitrogen and oxygen atoms in total. The van der Waals surface area contributed by atoms with E-state index in [9.17, 15) is 0 Å². The van der Waals surface area contributed by atoms with Crippen LogP contribution in [0.3, 0.4) is 0 Å². The van der Waals surface area contributed by atoms with Crippen LogP contribution in [0, 0.1) is 5.92 Å². The third-order valence-electron chi connectivity index (χ3n) is 3.95. The third kappa shape index (κ3) is 2.35. The summed E-state index contributed by atoms with van der Waals surface area (Å²) < 4.78 is 2.02. The smallest absolute Gasteiger partial charge is 0.224 e. The minimum absolute atomic E-state index is 0.511. The number of benzene rings is 1. The Hall–Kier alpha value is -2.69. The van der Waals surface area contributed by atoms with Crippen LogP contribution in [0.5, 0.6) is 0 Å². The number of hydrogen-bond donors (Lipinski definition) is 1. The third-order valence-corrected chi connectivity index (χ3v) is 3.95. The Morgan fingerprint density at radius 3 is 2.73 bits per heavy atom. The van der Waals surface area contributed by atoms with Crippen LogP contribution in [-0.4, -0.2) is 20.2 Å². The van der Waals surface area contributed by atoms with Gasteiger partial charge in [-0.25, -0.2) is 10.4 Å². The maximum atomic E-state index is 4.60. The van der Waals surface area contributed by atoms with E-state index in [2.05, 4.69) is 26.6 Å². The summed E-state index contributed by atoms with van der Waals surface area (Å²) in [5.74, 6) is 1.26. The zero-order valence-electron chi connectivity index (χ0n) is 12.4. The van der Waals surface area contributed by atoms with E-state index >= 15 is 0 Å². The van der Waals surface area contributed by atoms with Crippen LogP contribution in [0.15, 0.2) is 53.8 Å². The van der Waals surface area contributed by atoms with Crippen LogP contribution in [0.25, 0.3) is 11.0 Å². The summed E-state index contributed by atoms with van der Waals surface area (Å²) in [7, 11) is 1.99. The van der Waals surface area contributed by atoms with Crippen molar-refractivity contribution >= 4 is 22.7 Å². The van der Waals surface area contributed by atoms with Crippen LogP contribution in [0.1, 0.15) is 18.5 Å². The van der Waals surface area contributed by atoms with E-state index in [1.165, 1.54) is 12.8 Å². The second kappa shape index (κ2) is 5.26. The molecule has 110 valence electrons. The topological polar surface area (TPSA) is 55.1 Å². The first-order valence-corrected chi connectivity index (χ1v) is 7.49. The zero-order valence-corrected chi connectivity index (χ0v) is 12.4. The molecule has 0 aliphatic heterocycles. The first kappa shape index (κ1) is 13.0. The van der Waals surface area contributed by atoms with Crippen molar-refractivity contribution in [2.24, 2.45) is 18.1 Å². The Morgan fingerprint density at radius 2 is 2.00 bits per heavy atom. The molecular formula is C17H17N5. The molecule has 0 radical (unpaired) electrons. The van der Waals surface area contributed by atoms with Gasteiger partial charge in [0.1, 0.15) is 0 Å². The molecule has 0 bridgehead atoms. The van der Waals surface area contributed by atoms with Gasteiger partial charge >= 0.3 is 0 Å². The molecule has 1 saturated carbocycles. The van der Waals surface area contributed by atoms with Gasteiger partial charge in [0.2, 0.25) is 5.95 Å². The summed E-state index contributed by atoms with van der Waals surface area (Å²) in [6.07, 6.45) is 4.17. The summed E-state index contributed by atoms with van der Waals surface area (Å²) in [5, 5.41) is 4.60. The van der Waals surface area contributed by atoms with E-state index in [0.717, 1.165) is 28.4 Å². The minimum Gasteiger partial charge on any atom is -0.312 e. The second-order valence-electron chi connectivity index (χ2n) is 5.58. The summed E-state index contributed by atoms with van der Waals surface area (Å²) in [6.45, 7) is 0. The van der Waals surface area contributed by atoms with Gasteiger partial charge in [-0.2, -0.15) is 5.10 Å². The van der Waals surface area contributed by atoms with Gasteiger partial charge in [0.05, 0.1) is 22.4 Å². The predicted octanol–water partition coefficient (Wildman–Crippen LogP) is 3.19. The first-order valence-electron chi connectivity index (χ1n) is 7.49. The van der Waals surface area contributed by atoms with E-state index in [-0.39, 0.29) is 0 Å². The number of aromatic nitrogens is 3. The average molecular weight is 291 g/mol. The number of pyridine rings is 1. The maximum Gasteiger partial charge on any atom is 0.224 e. The second-order valence-corrected chi connectivity index (χ2v) is 5.58. The number of para-hydroxylation sites is 2. The summed E-state index contributed by atoms with van der Waals surface area (Å²) in [5.41, 5.74) is 7.14. The maximum absolute atomic E-state index is 4.60. The van der Waals surface area contributed by atoms with Crippen molar-refractivity contribution in [1.82, 2.24) is 14.5 Å². The number of nitrogens with one attached hydrogen (secondary N) is 1. The standard InChI is InChI=1S/C17H17N5/c1-22-15-8-3-2-6-13(15)19-17(22)21-20-16(12-9-10-12)14-7-4-5-11-18-14/h2-8,11-12H,9-10H2,1H3,(H,19,21)/b20-16-. The Labute approximate surface area is 128 Å². The molecule has 4 rings (SSSR count). The number of anilines is 1. The van der Waals surface area contributed by atoms with Crippen LogP contribution in [-0.2, 0) is 7.05 Å². The summed E-state index contributed by atoms with van der Waals surface area (Å²) >= 11 is 0. The van der Waals surface area contributed by atoms with Gasteiger partial charge < -0.3 is 4.57 Å². The molecule has 1 aromatic carbocycles. The Morgan fingerprint density at radius 1 is 1.18 bits per heavy atom. The van der Waals surface area contributed by atoms with Gasteiger partial charge in [-0.05, 0) is 37.1 Å². The normalized spacial score (nSPS) is 15.2. The molecule has 2 heterocycles. The van der Waals surface area contributed by atoms with Crippen LogP contribution < -0.4 is 5.43 Å². The highest BCUT2D eigenvalue weighted by atomic mass is 15.4. The van der Waals surface area contributed by atoms with E-state index in [0.29, 0.717) is 5.92 Å². The van der Waals surface area contributed by atoms with E-state index in [4.69, 9.17) is 0 Å². The quantitative estimate of drug-likeness (QED) is 0.593. The highest BCUT2D eigenvalue weighted by molar-refractivity contribution is 6.02. The molecule has 0 atom stereocenters. The van der Waals surface area contributed by atoms with E-state index in [1.54, 1.807) is 0 Å². The fourth-order valence-electron chi connectivity index (χ4n) is 2.58. The molecule has 0 amide bonds. The SMILES string of the molecule is Cn1c(N/N=C(\c2ccccn2)C2CC2)nc2ccccc21. The number of nitrogens with zero attached hydrogens (tertiary/aromatic N) is 4. The number of fused-ring (bicyclic) bond motifs is 1. The Bertz CT molecular complexity index is 831. The van der Waals surface area contributed by atoms with Crippen molar-refractivity contribution in [1.29, 1.82) is 0 Å².